The first-order valence-electron chi connectivity index (χ1n) is 8.70. The van der Waals surface area contributed by atoms with E-state index in [9.17, 15) is 17.2 Å². The van der Waals surface area contributed by atoms with Crippen molar-refractivity contribution in [2.45, 2.75) is 11.8 Å². The maximum absolute atomic E-state index is 13.9. The van der Waals surface area contributed by atoms with Gasteiger partial charge in [-0.3, -0.25) is 4.31 Å². The Balaban J connectivity index is 1.71. The van der Waals surface area contributed by atoms with Gasteiger partial charge in [0, 0.05) is 12.6 Å². The average molecular weight is 447 g/mol. The van der Waals surface area contributed by atoms with Gasteiger partial charge in [-0.05, 0) is 48.2 Å². The van der Waals surface area contributed by atoms with E-state index >= 15 is 0 Å². The van der Waals surface area contributed by atoms with E-state index in [0.29, 0.717) is 11.1 Å². The minimum absolute atomic E-state index is 0.00803. The fourth-order valence-electron chi connectivity index (χ4n) is 2.78. The molecule has 2 aromatic carbocycles. The molecule has 0 aliphatic heterocycles. The van der Waals surface area contributed by atoms with E-state index in [0.717, 1.165) is 21.7 Å². The van der Waals surface area contributed by atoms with Crippen LogP contribution in [-0.4, -0.2) is 25.6 Å². The highest BCUT2D eigenvalue weighted by molar-refractivity contribution is 7.93. The number of sulfonamides is 1. The number of aryl methyl sites for hydroxylation is 1. The summed E-state index contributed by atoms with van der Waals surface area (Å²) in [5.74, 6) is -0.830. The summed E-state index contributed by atoms with van der Waals surface area (Å²) in [6.45, 7) is 1.59. The van der Waals surface area contributed by atoms with Gasteiger partial charge in [-0.15, -0.1) is 11.3 Å². The largest absolute Gasteiger partial charge is 0.333 e. The molecular weight excluding hydrogens is 432 g/mol. The third kappa shape index (κ3) is 3.59. The highest BCUT2D eigenvalue weighted by Crippen LogP contribution is 2.35. The van der Waals surface area contributed by atoms with Gasteiger partial charge >= 0.3 is 0 Å². The number of hydrogen-bond acceptors (Lipinski definition) is 6. The lowest BCUT2D eigenvalue weighted by Crippen LogP contribution is -2.26. The number of thiophene rings is 1. The van der Waals surface area contributed by atoms with Crippen molar-refractivity contribution in [2.75, 3.05) is 11.4 Å². The van der Waals surface area contributed by atoms with Gasteiger partial charge in [0.1, 0.15) is 21.4 Å². The molecule has 0 saturated carbocycles. The molecule has 0 bridgehead atoms. The highest BCUT2D eigenvalue weighted by Gasteiger charge is 2.29. The van der Waals surface area contributed by atoms with Crippen LogP contribution >= 0.6 is 11.3 Å². The van der Waals surface area contributed by atoms with Crippen LogP contribution in [0.15, 0.2) is 63.3 Å². The molecule has 30 heavy (non-hydrogen) atoms. The predicted molar refractivity (Wildman–Crippen MR) is 110 cm³/mol. The lowest BCUT2D eigenvalue weighted by atomic mass is 10.2. The van der Waals surface area contributed by atoms with Crippen LogP contribution in [0.2, 0.25) is 0 Å². The van der Waals surface area contributed by atoms with Gasteiger partial charge in [0.15, 0.2) is 0 Å². The van der Waals surface area contributed by atoms with Gasteiger partial charge in [0.05, 0.1) is 5.69 Å². The van der Waals surface area contributed by atoms with Crippen LogP contribution in [0.25, 0.3) is 22.2 Å². The molecule has 4 aromatic rings. The van der Waals surface area contributed by atoms with Gasteiger partial charge in [0.25, 0.3) is 15.9 Å². The van der Waals surface area contributed by atoms with Crippen LogP contribution in [0.4, 0.5) is 14.5 Å². The van der Waals surface area contributed by atoms with Gasteiger partial charge in [-0.2, -0.15) is 4.98 Å². The third-order valence-corrected chi connectivity index (χ3v) is 7.35. The Morgan fingerprint density at radius 1 is 1.10 bits per heavy atom. The number of benzene rings is 2. The summed E-state index contributed by atoms with van der Waals surface area (Å²) >= 11 is 1.11. The number of rotatable bonds is 5. The predicted octanol–water partition coefficient (Wildman–Crippen LogP) is 4.88. The van der Waals surface area contributed by atoms with Crippen molar-refractivity contribution >= 4 is 27.0 Å². The van der Waals surface area contributed by atoms with E-state index in [1.807, 2.05) is 0 Å². The second kappa shape index (κ2) is 7.62. The maximum atomic E-state index is 13.9. The van der Waals surface area contributed by atoms with Gasteiger partial charge < -0.3 is 4.52 Å². The van der Waals surface area contributed by atoms with Crippen LogP contribution < -0.4 is 4.31 Å². The van der Waals surface area contributed by atoms with Gasteiger partial charge in [0.2, 0.25) is 5.82 Å². The Kier molecular flexibility index (Phi) is 5.12. The zero-order chi connectivity index (χ0) is 21.5. The van der Waals surface area contributed by atoms with Crippen molar-refractivity contribution in [3.63, 3.8) is 0 Å². The van der Waals surface area contributed by atoms with Crippen molar-refractivity contribution in [3.05, 3.63) is 71.1 Å². The molecule has 0 aliphatic rings. The summed E-state index contributed by atoms with van der Waals surface area (Å²) in [6.07, 6.45) is 0. The zero-order valence-corrected chi connectivity index (χ0v) is 17.5. The second-order valence-corrected chi connectivity index (χ2v) is 9.31. The minimum Gasteiger partial charge on any atom is -0.333 e. The standard InChI is InChI=1S/C20H15F2N3O3S2/c1-12-6-7-15(11-16(12)22)25(2)30(26,27)17-8-9-29-18(17)20-23-19(24-28-20)13-4-3-5-14(21)10-13/h3-11H,1-2H3. The Morgan fingerprint density at radius 2 is 1.90 bits per heavy atom. The molecule has 0 saturated heterocycles. The molecule has 0 unspecified atom stereocenters. The smallest absolute Gasteiger partial charge is 0.269 e. The molecule has 0 radical (unpaired) electrons. The quantitative estimate of drug-likeness (QED) is 0.436. The summed E-state index contributed by atoms with van der Waals surface area (Å²) < 4.78 is 60.0. The fourth-order valence-corrected chi connectivity index (χ4v) is 5.28. The topological polar surface area (TPSA) is 76.3 Å². The Hall–Kier alpha value is -3.11. The molecule has 0 amide bonds. The zero-order valence-electron chi connectivity index (χ0n) is 15.8. The molecule has 0 fully saturated rings. The van der Waals surface area contributed by atoms with Crippen molar-refractivity contribution in [3.8, 4) is 22.2 Å². The van der Waals surface area contributed by atoms with Gasteiger partial charge in [-0.25, -0.2) is 17.2 Å². The molecule has 0 atom stereocenters. The lowest BCUT2D eigenvalue weighted by molar-refractivity contribution is 0.432. The molecule has 10 heteroatoms. The SMILES string of the molecule is Cc1ccc(N(C)S(=O)(=O)c2ccsc2-c2nc(-c3cccc(F)c3)no2)cc1F. The summed E-state index contributed by atoms with van der Waals surface area (Å²) in [5.41, 5.74) is 0.996. The Labute approximate surface area is 175 Å². The van der Waals surface area contributed by atoms with E-state index in [1.165, 1.54) is 43.4 Å². The first-order chi connectivity index (χ1) is 14.3. The van der Waals surface area contributed by atoms with Crippen molar-refractivity contribution in [1.82, 2.24) is 10.1 Å². The maximum Gasteiger partial charge on any atom is 0.269 e. The summed E-state index contributed by atoms with van der Waals surface area (Å²) in [5, 5.41) is 5.41. The van der Waals surface area contributed by atoms with Crippen LogP contribution in [0.5, 0.6) is 0 Å². The van der Waals surface area contributed by atoms with Crippen LogP contribution in [0.1, 0.15) is 5.56 Å². The van der Waals surface area contributed by atoms with E-state index in [1.54, 1.807) is 18.4 Å². The fraction of sp³-hybridized carbons (Fsp3) is 0.100. The highest BCUT2D eigenvalue weighted by atomic mass is 32.2. The van der Waals surface area contributed by atoms with Crippen LogP contribution in [0, 0.1) is 18.6 Å². The van der Waals surface area contributed by atoms with E-state index < -0.39 is 21.7 Å². The molecule has 0 N–H and O–H groups in total. The molecule has 2 heterocycles. The number of hydrogen-bond donors (Lipinski definition) is 0. The Morgan fingerprint density at radius 3 is 2.63 bits per heavy atom. The summed E-state index contributed by atoms with van der Waals surface area (Å²) in [7, 11) is -2.69. The third-order valence-electron chi connectivity index (χ3n) is 4.49. The summed E-state index contributed by atoms with van der Waals surface area (Å²) in [4.78, 5) is 4.41. The number of halogens is 2. The number of nitrogens with zero attached hydrogens (tertiary/aromatic N) is 3. The first-order valence-corrected chi connectivity index (χ1v) is 11.0. The molecule has 0 spiro atoms. The molecule has 154 valence electrons. The van der Waals surface area contributed by atoms with E-state index in [-0.39, 0.29) is 27.2 Å². The van der Waals surface area contributed by atoms with Crippen molar-refractivity contribution in [2.24, 2.45) is 0 Å². The molecule has 6 nitrogen and oxygen atoms in total. The average Bonchev–Trinajstić information content (AvgIpc) is 3.39. The Bertz CT molecular complexity index is 1330. The number of aromatic nitrogens is 2. The first kappa shape index (κ1) is 20.2. The second-order valence-electron chi connectivity index (χ2n) is 6.45. The summed E-state index contributed by atoms with van der Waals surface area (Å²) in [6, 6.07) is 11.3. The normalized spacial score (nSPS) is 11.6. The van der Waals surface area contributed by atoms with Crippen molar-refractivity contribution < 1.29 is 21.7 Å². The lowest BCUT2D eigenvalue weighted by Gasteiger charge is -2.19. The molecular formula is C20H15F2N3O3S2. The number of anilines is 1. The molecule has 4 rings (SSSR count). The monoisotopic (exact) mass is 447 g/mol. The minimum atomic E-state index is -4.03. The molecule has 2 aromatic heterocycles. The van der Waals surface area contributed by atoms with Crippen LogP contribution in [-0.2, 0) is 10.0 Å². The van der Waals surface area contributed by atoms with E-state index in [2.05, 4.69) is 10.1 Å². The molecule has 0 aliphatic carbocycles. The van der Waals surface area contributed by atoms with Crippen molar-refractivity contribution in [1.29, 1.82) is 0 Å². The van der Waals surface area contributed by atoms with E-state index in [4.69, 9.17) is 4.52 Å². The van der Waals surface area contributed by atoms with Crippen LogP contribution in [0.3, 0.4) is 0 Å². The van der Waals surface area contributed by atoms with Gasteiger partial charge in [-0.1, -0.05) is 23.4 Å².